The third kappa shape index (κ3) is 52.1. The molecule has 0 saturated heterocycles. The molecule has 0 saturated carbocycles. The van der Waals surface area contributed by atoms with Crippen LogP contribution >= 0.6 is 0 Å². The molecule has 66 heavy (non-hydrogen) atoms. The number of ether oxygens (including phenoxy) is 3. The molecule has 382 valence electrons. The van der Waals surface area contributed by atoms with Gasteiger partial charge in [0.1, 0.15) is 13.2 Å². The summed E-state index contributed by atoms with van der Waals surface area (Å²) in [6, 6.07) is 0. The first kappa shape index (κ1) is 63.1. The lowest BCUT2D eigenvalue weighted by molar-refractivity contribution is -0.166. The van der Waals surface area contributed by atoms with E-state index in [0.29, 0.717) is 19.3 Å². The van der Waals surface area contributed by atoms with Gasteiger partial charge < -0.3 is 14.2 Å². The maximum Gasteiger partial charge on any atom is 0.306 e. The van der Waals surface area contributed by atoms with Gasteiger partial charge in [-0.2, -0.15) is 0 Å². The second-order valence-electron chi connectivity index (χ2n) is 18.8. The van der Waals surface area contributed by atoms with Crippen LogP contribution in [0.3, 0.4) is 0 Å². The van der Waals surface area contributed by atoms with Gasteiger partial charge in [0, 0.05) is 19.3 Å². The van der Waals surface area contributed by atoms with Crippen molar-refractivity contribution in [1.29, 1.82) is 0 Å². The number of allylic oxidation sites excluding steroid dienone is 10. The van der Waals surface area contributed by atoms with Crippen LogP contribution in [0.1, 0.15) is 284 Å². The van der Waals surface area contributed by atoms with Gasteiger partial charge in [-0.25, -0.2) is 0 Å². The first-order chi connectivity index (χ1) is 32.5. The highest BCUT2D eigenvalue weighted by Gasteiger charge is 2.19. The average molecular weight is 924 g/mol. The van der Waals surface area contributed by atoms with Gasteiger partial charge in [0.15, 0.2) is 6.10 Å². The Morgan fingerprint density at radius 1 is 0.318 bits per heavy atom. The molecule has 1 unspecified atom stereocenters. The number of hydrogen-bond donors (Lipinski definition) is 0. The van der Waals surface area contributed by atoms with E-state index in [-0.39, 0.29) is 37.5 Å². The van der Waals surface area contributed by atoms with Gasteiger partial charge in [-0.05, 0) is 70.6 Å². The monoisotopic (exact) mass is 923 g/mol. The van der Waals surface area contributed by atoms with Gasteiger partial charge >= 0.3 is 17.9 Å². The van der Waals surface area contributed by atoms with Gasteiger partial charge in [0.25, 0.3) is 0 Å². The molecule has 6 nitrogen and oxygen atoms in total. The summed E-state index contributed by atoms with van der Waals surface area (Å²) in [5.74, 6) is -0.973. The summed E-state index contributed by atoms with van der Waals surface area (Å²) in [6.07, 6.45) is 68.0. The maximum atomic E-state index is 12.8. The van der Waals surface area contributed by atoms with Crippen molar-refractivity contribution in [1.82, 2.24) is 0 Å². The predicted molar refractivity (Wildman–Crippen MR) is 284 cm³/mol. The minimum absolute atomic E-state index is 0.0960. The van der Waals surface area contributed by atoms with E-state index in [2.05, 4.69) is 75.5 Å². The molecular formula is C60H106O6. The van der Waals surface area contributed by atoms with Crippen molar-refractivity contribution in [3.63, 3.8) is 0 Å². The third-order valence-electron chi connectivity index (χ3n) is 12.3. The Hall–Kier alpha value is -2.89. The molecule has 0 amide bonds. The average Bonchev–Trinajstić information content (AvgIpc) is 3.31. The molecule has 0 rings (SSSR count). The van der Waals surface area contributed by atoms with Crippen LogP contribution in [-0.4, -0.2) is 37.2 Å². The Bertz CT molecular complexity index is 1200. The van der Waals surface area contributed by atoms with Crippen molar-refractivity contribution in [3.05, 3.63) is 60.8 Å². The fourth-order valence-corrected chi connectivity index (χ4v) is 8.04. The van der Waals surface area contributed by atoms with Crippen LogP contribution in [0.4, 0.5) is 0 Å². The van der Waals surface area contributed by atoms with Crippen molar-refractivity contribution in [2.24, 2.45) is 0 Å². The Morgan fingerprint density at radius 3 is 1.02 bits per heavy atom. The van der Waals surface area contributed by atoms with Gasteiger partial charge in [0.05, 0.1) is 0 Å². The number of hydrogen-bond acceptors (Lipinski definition) is 6. The minimum atomic E-state index is -0.802. The normalized spacial score (nSPS) is 12.5. The summed E-state index contributed by atoms with van der Waals surface area (Å²) < 4.78 is 16.8. The zero-order chi connectivity index (χ0) is 47.9. The van der Waals surface area contributed by atoms with Crippen molar-refractivity contribution >= 4 is 17.9 Å². The van der Waals surface area contributed by atoms with Gasteiger partial charge in [-0.15, -0.1) is 0 Å². The highest BCUT2D eigenvalue weighted by Crippen LogP contribution is 2.16. The van der Waals surface area contributed by atoms with Crippen LogP contribution in [0.15, 0.2) is 60.8 Å². The summed E-state index contributed by atoms with van der Waals surface area (Å²) in [6.45, 7) is 6.48. The molecule has 0 heterocycles. The molecule has 0 aliphatic heterocycles. The van der Waals surface area contributed by atoms with Crippen molar-refractivity contribution in [2.45, 2.75) is 290 Å². The zero-order valence-corrected chi connectivity index (χ0v) is 43.7. The Kier molecular flexibility index (Phi) is 52.3. The van der Waals surface area contributed by atoms with E-state index in [4.69, 9.17) is 14.2 Å². The molecule has 0 spiro atoms. The highest BCUT2D eigenvalue weighted by atomic mass is 16.6. The van der Waals surface area contributed by atoms with E-state index in [0.717, 1.165) is 64.2 Å². The van der Waals surface area contributed by atoms with E-state index >= 15 is 0 Å². The molecule has 0 aliphatic carbocycles. The smallest absolute Gasteiger partial charge is 0.306 e. The highest BCUT2D eigenvalue weighted by molar-refractivity contribution is 5.71. The fraction of sp³-hybridized carbons (Fsp3) is 0.783. The quantitative estimate of drug-likeness (QED) is 0.0262. The number of esters is 3. The van der Waals surface area contributed by atoms with E-state index in [9.17, 15) is 14.4 Å². The molecule has 6 heteroatoms. The van der Waals surface area contributed by atoms with Crippen molar-refractivity contribution in [3.8, 4) is 0 Å². The standard InChI is InChI=1S/C60H106O6/c1-4-7-10-13-16-19-22-25-27-29-31-32-35-38-41-44-47-50-53-59(62)65-56-57(55-64-58(61)52-49-46-43-40-37-34-24-21-18-15-12-9-6-3)66-60(63)54-51-48-45-42-39-36-33-30-28-26-23-20-17-14-11-8-5-2/h9,12,18,21,27,29,34,37,43,46,57H,4-8,10-11,13-17,19-20,22-26,28,30-33,35-36,38-42,44-45,47-56H2,1-3H3/b12-9-,21-18-,29-27-,37-34-,46-43-. The molecule has 0 radical (unpaired) electrons. The first-order valence-corrected chi connectivity index (χ1v) is 28.3. The topological polar surface area (TPSA) is 78.9 Å². The lowest BCUT2D eigenvalue weighted by Crippen LogP contribution is -2.30. The van der Waals surface area contributed by atoms with Gasteiger partial charge in [0.2, 0.25) is 0 Å². The Labute approximate surface area is 409 Å². The van der Waals surface area contributed by atoms with E-state index in [1.165, 1.54) is 173 Å². The van der Waals surface area contributed by atoms with Gasteiger partial charge in [-0.1, -0.05) is 255 Å². The van der Waals surface area contributed by atoms with Crippen LogP contribution in [0, 0.1) is 0 Å². The maximum absolute atomic E-state index is 12.8. The Balaban J connectivity index is 4.40. The van der Waals surface area contributed by atoms with Crippen LogP contribution in [-0.2, 0) is 28.6 Å². The van der Waals surface area contributed by atoms with Crippen molar-refractivity contribution < 1.29 is 28.6 Å². The Morgan fingerprint density at radius 2 is 0.621 bits per heavy atom. The second-order valence-corrected chi connectivity index (χ2v) is 18.8. The van der Waals surface area contributed by atoms with Crippen LogP contribution in [0.25, 0.3) is 0 Å². The molecule has 0 bridgehead atoms. The van der Waals surface area contributed by atoms with Crippen LogP contribution < -0.4 is 0 Å². The lowest BCUT2D eigenvalue weighted by Gasteiger charge is -2.18. The van der Waals surface area contributed by atoms with E-state index in [1.807, 2.05) is 6.08 Å². The van der Waals surface area contributed by atoms with Crippen molar-refractivity contribution in [2.75, 3.05) is 13.2 Å². The summed E-state index contributed by atoms with van der Waals surface area (Å²) in [5, 5.41) is 0. The molecule has 0 aromatic rings. The predicted octanol–water partition coefficient (Wildman–Crippen LogP) is 18.8. The summed E-state index contributed by atoms with van der Waals surface area (Å²) in [4.78, 5) is 38.1. The first-order valence-electron chi connectivity index (χ1n) is 28.3. The number of unbranched alkanes of at least 4 members (excludes halogenated alkanes) is 30. The number of carbonyl (C=O) groups is 3. The minimum Gasteiger partial charge on any atom is -0.462 e. The van der Waals surface area contributed by atoms with E-state index in [1.54, 1.807) is 0 Å². The third-order valence-corrected chi connectivity index (χ3v) is 12.3. The fourth-order valence-electron chi connectivity index (χ4n) is 8.04. The molecule has 0 aromatic carbocycles. The van der Waals surface area contributed by atoms with Gasteiger partial charge in [-0.3, -0.25) is 14.4 Å². The summed E-state index contributed by atoms with van der Waals surface area (Å²) in [5.41, 5.74) is 0. The summed E-state index contributed by atoms with van der Waals surface area (Å²) in [7, 11) is 0. The zero-order valence-electron chi connectivity index (χ0n) is 43.7. The molecule has 0 N–H and O–H groups in total. The molecule has 1 atom stereocenters. The largest absolute Gasteiger partial charge is 0.462 e. The lowest BCUT2D eigenvalue weighted by atomic mass is 10.0. The van der Waals surface area contributed by atoms with E-state index < -0.39 is 6.10 Å². The second kappa shape index (κ2) is 54.7. The number of carbonyl (C=O) groups excluding carboxylic acids is 3. The SMILES string of the molecule is CC/C=C\C/C=C\C/C=C\C/C=C\CCC(=O)OCC(COC(=O)CCCCCCCCC/C=C\CCCCCCCCC)OC(=O)CCCCCCCCCCCCCCCCCCC. The van der Waals surface area contributed by atoms with Crippen LogP contribution in [0.5, 0.6) is 0 Å². The molecule has 0 aliphatic rings. The molecule has 0 aromatic heterocycles. The summed E-state index contributed by atoms with van der Waals surface area (Å²) >= 11 is 0. The molecule has 0 fully saturated rings. The number of rotatable bonds is 51. The van der Waals surface area contributed by atoms with Crippen LogP contribution in [0.2, 0.25) is 0 Å². The molecular weight excluding hydrogens is 817 g/mol.